The third kappa shape index (κ3) is 7.59. The number of benzene rings is 2. The quantitative estimate of drug-likeness (QED) is 0.387. The molecule has 0 spiro atoms. The third-order valence-electron chi connectivity index (χ3n) is 5.29. The Morgan fingerprint density at radius 1 is 0.964 bits per heavy atom. The topological polar surface area (TPSA) is 38.7 Å². The van der Waals surface area contributed by atoms with Crippen molar-refractivity contribution in [3.8, 4) is 0 Å². The van der Waals surface area contributed by atoms with E-state index < -0.39 is 6.10 Å². The standard InChI is InChI=1S/C25H34O3/c1-20(17-24(26)21(2)28-19-23-13-9-6-10-14-23)25(3,4)15-16-27-18-22-11-7-5-8-12-22/h5-14,21,24,26H,1,15-19H2,2-4H3/t21-,24-/m0/s1. The number of aliphatic hydroxyl groups is 1. The smallest absolute Gasteiger partial charge is 0.0836 e. The van der Waals surface area contributed by atoms with Gasteiger partial charge in [-0.2, -0.15) is 0 Å². The van der Waals surface area contributed by atoms with E-state index in [0.29, 0.717) is 26.2 Å². The molecule has 28 heavy (non-hydrogen) atoms. The Balaban J connectivity index is 1.71. The van der Waals surface area contributed by atoms with Gasteiger partial charge in [0.2, 0.25) is 0 Å². The molecule has 0 aliphatic heterocycles. The first-order valence-corrected chi connectivity index (χ1v) is 10.0. The van der Waals surface area contributed by atoms with Crippen LogP contribution in [0.2, 0.25) is 0 Å². The van der Waals surface area contributed by atoms with E-state index in [4.69, 9.17) is 9.47 Å². The van der Waals surface area contributed by atoms with Crippen LogP contribution >= 0.6 is 0 Å². The number of aliphatic hydroxyl groups excluding tert-OH is 1. The van der Waals surface area contributed by atoms with Gasteiger partial charge in [-0.05, 0) is 36.3 Å². The molecule has 0 heterocycles. The summed E-state index contributed by atoms with van der Waals surface area (Å²) in [5.41, 5.74) is 3.21. The lowest BCUT2D eigenvalue weighted by Crippen LogP contribution is -2.29. The molecule has 0 aliphatic rings. The van der Waals surface area contributed by atoms with Gasteiger partial charge in [0.15, 0.2) is 0 Å². The van der Waals surface area contributed by atoms with Gasteiger partial charge >= 0.3 is 0 Å². The molecule has 0 bridgehead atoms. The fourth-order valence-electron chi connectivity index (χ4n) is 2.88. The van der Waals surface area contributed by atoms with Crippen molar-refractivity contribution in [2.45, 2.75) is 59.0 Å². The summed E-state index contributed by atoms with van der Waals surface area (Å²) in [5.74, 6) is 0. The maximum atomic E-state index is 10.5. The van der Waals surface area contributed by atoms with Gasteiger partial charge in [0.05, 0.1) is 25.4 Å². The van der Waals surface area contributed by atoms with E-state index in [0.717, 1.165) is 17.6 Å². The Bertz CT molecular complexity index is 694. The lowest BCUT2D eigenvalue weighted by atomic mass is 9.79. The van der Waals surface area contributed by atoms with Gasteiger partial charge in [0.25, 0.3) is 0 Å². The molecule has 0 aliphatic carbocycles. The van der Waals surface area contributed by atoms with E-state index in [-0.39, 0.29) is 11.5 Å². The Morgan fingerprint density at radius 3 is 2.07 bits per heavy atom. The maximum absolute atomic E-state index is 10.5. The summed E-state index contributed by atoms with van der Waals surface area (Å²) in [6, 6.07) is 20.2. The molecule has 0 saturated carbocycles. The van der Waals surface area contributed by atoms with Crippen molar-refractivity contribution in [2.24, 2.45) is 5.41 Å². The van der Waals surface area contributed by atoms with Crippen molar-refractivity contribution in [1.82, 2.24) is 0 Å². The number of hydrogen-bond donors (Lipinski definition) is 1. The Labute approximate surface area is 170 Å². The van der Waals surface area contributed by atoms with Crippen LogP contribution < -0.4 is 0 Å². The highest BCUT2D eigenvalue weighted by molar-refractivity contribution is 5.14. The van der Waals surface area contributed by atoms with Gasteiger partial charge in [0, 0.05) is 6.61 Å². The van der Waals surface area contributed by atoms with Gasteiger partial charge in [-0.15, -0.1) is 0 Å². The summed E-state index contributed by atoms with van der Waals surface area (Å²) in [6.45, 7) is 12.2. The van der Waals surface area contributed by atoms with Crippen molar-refractivity contribution < 1.29 is 14.6 Å². The average molecular weight is 383 g/mol. The predicted octanol–water partition coefficient (Wildman–Crippen LogP) is 5.53. The second-order valence-corrected chi connectivity index (χ2v) is 8.05. The largest absolute Gasteiger partial charge is 0.390 e. The molecule has 152 valence electrons. The van der Waals surface area contributed by atoms with Gasteiger partial charge in [-0.1, -0.05) is 86.7 Å². The van der Waals surface area contributed by atoms with Crippen molar-refractivity contribution in [2.75, 3.05) is 6.61 Å². The van der Waals surface area contributed by atoms with Crippen LogP contribution in [0.3, 0.4) is 0 Å². The second-order valence-electron chi connectivity index (χ2n) is 8.05. The van der Waals surface area contributed by atoms with Crippen LogP contribution in [-0.2, 0) is 22.7 Å². The summed E-state index contributed by atoms with van der Waals surface area (Å²) >= 11 is 0. The Morgan fingerprint density at radius 2 is 1.50 bits per heavy atom. The summed E-state index contributed by atoms with van der Waals surface area (Å²) in [4.78, 5) is 0. The van der Waals surface area contributed by atoms with Gasteiger partial charge in [0.1, 0.15) is 0 Å². The Hall–Kier alpha value is -1.94. The minimum atomic E-state index is -0.569. The first kappa shape index (κ1) is 22.4. The van der Waals surface area contributed by atoms with Crippen molar-refractivity contribution in [3.63, 3.8) is 0 Å². The second kappa shape index (κ2) is 11.2. The van der Waals surface area contributed by atoms with E-state index in [1.807, 2.05) is 55.5 Å². The van der Waals surface area contributed by atoms with E-state index in [1.54, 1.807) is 0 Å². The molecule has 3 heteroatoms. The van der Waals surface area contributed by atoms with Crippen LogP contribution in [0.15, 0.2) is 72.8 Å². The molecule has 0 fully saturated rings. The minimum absolute atomic E-state index is 0.100. The molecular formula is C25H34O3. The fraction of sp³-hybridized carbons (Fsp3) is 0.440. The first-order chi connectivity index (χ1) is 13.4. The molecule has 2 atom stereocenters. The zero-order chi connectivity index (χ0) is 20.4. The zero-order valence-corrected chi connectivity index (χ0v) is 17.4. The monoisotopic (exact) mass is 382 g/mol. The zero-order valence-electron chi connectivity index (χ0n) is 17.4. The van der Waals surface area contributed by atoms with Gasteiger partial charge < -0.3 is 14.6 Å². The van der Waals surface area contributed by atoms with E-state index in [9.17, 15) is 5.11 Å². The highest BCUT2D eigenvalue weighted by Gasteiger charge is 2.25. The van der Waals surface area contributed by atoms with Crippen LogP contribution in [-0.4, -0.2) is 23.9 Å². The van der Waals surface area contributed by atoms with Crippen LogP contribution in [0.25, 0.3) is 0 Å². The van der Waals surface area contributed by atoms with Crippen LogP contribution in [0.4, 0.5) is 0 Å². The van der Waals surface area contributed by atoms with E-state index in [1.165, 1.54) is 5.56 Å². The van der Waals surface area contributed by atoms with Crippen molar-refractivity contribution in [1.29, 1.82) is 0 Å². The summed E-state index contributed by atoms with van der Waals surface area (Å²) in [7, 11) is 0. The normalized spacial score (nSPS) is 13.9. The van der Waals surface area contributed by atoms with Crippen LogP contribution in [0, 0.1) is 5.41 Å². The molecule has 1 N–H and O–H groups in total. The molecule has 0 aromatic heterocycles. The van der Waals surface area contributed by atoms with Crippen molar-refractivity contribution >= 4 is 0 Å². The molecule has 2 aromatic rings. The van der Waals surface area contributed by atoms with Crippen LogP contribution in [0.5, 0.6) is 0 Å². The number of ether oxygens (including phenoxy) is 2. The highest BCUT2D eigenvalue weighted by Crippen LogP contribution is 2.33. The molecule has 2 aromatic carbocycles. The first-order valence-electron chi connectivity index (χ1n) is 10.0. The summed E-state index contributed by atoms with van der Waals surface area (Å²) in [5, 5.41) is 10.5. The molecule has 0 amide bonds. The lowest BCUT2D eigenvalue weighted by Gasteiger charge is -2.30. The number of hydrogen-bond acceptors (Lipinski definition) is 3. The number of rotatable bonds is 12. The SMILES string of the molecule is C=C(C[C@H](O)[C@H](C)OCc1ccccc1)C(C)(C)CCOCc1ccccc1. The fourth-order valence-corrected chi connectivity index (χ4v) is 2.88. The molecule has 0 radical (unpaired) electrons. The van der Waals surface area contributed by atoms with E-state index in [2.05, 4.69) is 32.6 Å². The van der Waals surface area contributed by atoms with E-state index >= 15 is 0 Å². The third-order valence-corrected chi connectivity index (χ3v) is 5.29. The predicted molar refractivity (Wildman–Crippen MR) is 115 cm³/mol. The summed E-state index contributed by atoms with van der Waals surface area (Å²) in [6.07, 6.45) is 0.578. The molecule has 0 unspecified atom stereocenters. The summed E-state index contributed by atoms with van der Waals surface area (Å²) < 4.78 is 11.7. The average Bonchev–Trinajstić information content (AvgIpc) is 2.71. The highest BCUT2D eigenvalue weighted by atomic mass is 16.5. The Kier molecular flexibility index (Phi) is 8.91. The van der Waals surface area contributed by atoms with Gasteiger partial charge in [-0.3, -0.25) is 0 Å². The maximum Gasteiger partial charge on any atom is 0.0836 e. The van der Waals surface area contributed by atoms with Gasteiger partial charge in [-0.25, -0.2) is 0 Å². The van der Waals surface area contributed by atoms with Crippen molar-refractivity contribution in [3.05, 3.63) is 83.9 Å². The molecular weight excluding hydrogens is 348 g/mol. The van der Waals surface area contributed by atoms with Crippen LogP contribution in [0.1, 0.15) is 44.7 Å². The minimum Gasteiger partial charge on any atom is -0.390 e. The molecule has 3 nitrogen and oxygen atoms in total. The lowest BCUT2D eigenvalue weighted by molar-refractivity contribution is -0.0361. The molecule has 0 saturated heterocycles. The molecule has 2 rings (SSSR count).